The summed E-state index contributed by atoms with van der Waals surface area (Å²) in [5, 5.41) is 8.96. The van der Waals surface area contributed by atoms with Gasteiger partial charge in [-0.3, -0.25) is 9.59 Å². The molecule has 0 radical (unpaired) electrons. The number of carbonyl (C=O) groups is 2. The van der Waals surface area contributed by atoms with E-state index in [0.717, 1.165) is 56.3 Å². The van der Waals surface area contributed by atoms with E-state index in [0.29, 0.717) is 5.92 Å². The summed E-state index contributed by atoms with van der Waals surface area (Å²) in [7, 11) is 0. The molecule has 0 amide bonds. The molecule has 1 aliphatic rings. The van der Waals surface area contributed by atoms with Crippen LogP contribution >= 0.6 is 0 Å². The molecule has 1 aliphatic carbocycles. The number of rotatable bonds is 18. The second-order valence-corrected chi connectivity index (χ2v) is 14.3. The zero-order valence-electron chi connectivity index (χ0n) is 26.4. The summed E-state index contributed by atoms with van der Waals surface area (Å²) < 4.78 is 6.04. The van der Waals surface area contributed by atoms with Gasteiger partial charge in [-0.2, -0.15) is 0 Å². The van der Waals surface area contributed by atoms with Gasteiger partial charge in [-0.1, -0.05) is 105 Å². The van der Waals surface area contributed by atoms with Gasteiger partial charge in [0.1, 0.15) is 5.60 Å². The van der Waals surface area contributed by atoms with Crippen molar-refractivity contribution in [3.05, 3.63) is 11.6 Å². The van der Waals surface area contributed by atoms with Gasteiger partial charge in [0.2, 0.25) is 0 Å². The van der Waals surface area contributed by atoms with E-state index in [2.05, 4.69) is 61.5 Å². The highest BCUT2D eigenvalue weighted by Crippen LogP contribution is 2.44. The van der Waals surface area contributed by atoms with Crippen molar-refractivity contribution in [2.45, 2.75) is 164 Å². The molecular weight excluding hydrogens is 472 g/mol. The molecule has 0 aliphatic heterocycles. The molecule has 0 aromatic carbocycles. The summed E-state index contributed by atoms with van der Waals surface area (Å²) in [4.78, 5) is 23.4. The molecule has 4 nitrogen and oxygen atoms in total. The maximum absolute atomic E-state index is 12.5. The lowest BCUT2D eigenvalue weighted by Gasteiger charge is -2.43. The van der Waals surface area contributed by atoms with Crippen molar-refractivity contribution in [3.63, 3.8) is 0 Å². The molecular formula is C34H62O4. The lowest BCUT2D eigenvalue weighted by molar-refractivity contribution is -0.166. The normalized spacial score (nSPS) is 22.3. The Kier molecular flexibility index (Phi) is 15.9. The minimum Gasteiger partial charge on any atom is -0.481 e. The second kappa shape index (κ2) is 17.4. The Labute approximate surface area is 235 Å². The van der Waals surface area contributed by atoms with Crippen LogP contribution in [0, 0.1) is 29.1 Å². The molecule has 38 heavy (non-hydrogen) atoms. The van der Waals surface area contributed by atoms with Gasteiger partial charge in [-0.05, 0) is 74.5 Å². The molecule has 1 saturated carbocycles. The summed E-state index contributed by atoms with van der Waals surface area (Å²) in [5.41, 5.74) is 1.17. The van der Waals surface area contributed by atoms with Gasteiger partial charge in [0.15, 0.2) is 0 Å². The van der Waals surface area contributed by atoms with Gasteiger partial charge in [-0.15, -0.1) is 0 Å². The van der Waals surface area contributed by atoms with Crippen LogP contribution in [0.1, 0.15) is 158 Å². The number of allylic oxidation sites excluding steroid dienone is 1. The van der Waals surface area contributed by atoms with Crippen molar-refractivity contribution in [2.24, 2.45) is 29.1 Å². The number of aliphatic carboxylic acids is 1. The molecule has 0 aromatic rings. The first-order valence-corrected chi connectivity index (χ1v) is 15.8. The smallest absolute Gasteiger partial charge is 0.306 e. The van der Waals surface area contributed by atoms with E-state index in [4.69, 9.17) is 9.84 Å². The van der Waals surface area contributed by atoms with E-state index in [-0.39, 0.29) is 24.2 Å². The molecule has 1 rings (SSSR count). The molecule has 1 N–H and O–H groups in total. The van der Waals surface area contributed by atoms with E-state index in [1.807, 2.05) is 0 Å². The molecule has 1 fully saturated rings. The molecule has 0 aromatic heterocycles. The van der Waals surface area contributed by atoms with Gasteiger partial charge < -0.3 is 9.84 Å². The number of esters is 1. The third-order valence-corrected chi connectivity index (χ3v) is 8.96. The van der Waals surface area contributed by atoms with E-state index < -0.39 is 11.6 Å². The number of carboxylic acid groups (broad SMARTS) is 1. The lowest BCUT2D eigenvalue weighted by Crippen LogP contribution is -2.41. The van der Waals surface area contributed by atoms with Crippen molar-refractivity contribution < 1.29 is 19.4 Å². The maximum Gasteiger partial charge on any atom is 0.306 e. The van der Waals surface area contributed by atoms with Crippen molar-refractivity contribution in [2.75, 3.05) is 0 Å². The summed E-state index contributed by atoms with van der Waals surface area (Å²) in [6.45, 7) is 18.6. The predicted molar refractivity (Wildman–Crippen MR) is 160 cm³/mol. The Morgan fingerprint density at radius 1 is 0.868 bits per heavy atom. The first kappa shape index (κ1) is 34.7. The largest absolute Gasteiger partial charge is 0.481 e. The summed E-state index contributed by atoms with van der Waals surface area (Å²) in [5.74, 6) is 1.77. The highest BCUT2D eigenvalue weighted by Gasteiger charge is 2.40. The van der Waals surface area contributed by atoms with Crippen LogP contribution in [0.5, 0.6) is 0 Å². The number of hydrogen-bond donors (Lipinski definition) is 1. The Morgan fingerprint density at radius 3 is 1.89 bits per heavy atom. The van der Waals surface area contributed by atoms with Crippen molar-refractivity contribution in [3.8, 4) is 0 Å². The monoisotopic (exact) mass is 534 g/mol. The summed E-state index contributed by atoms with van der Waals surface area (Å²) >= 11 is 0. The standard InChI is InChI=1S/C34H62O4/c1-26(2)12-9-13-27(3)14-10-15-28(4)16-11-17-29(5)20-23-34(38-32(37)19-18-31(35)36)24-21-30(22-25-34)33(6,7)8/h20,26-28,30H,9-19,21-25H2,1-8H3,(H,35,36)/b29-20+/t27-,28-,30?,34?/m1/s1. The first-order chi connectivity index (χ1) is 17.7. The Hall–Kier alpha value is -1.32. The highest BCUT2D eigenvalue weighted by molar-refractivity contribution is 5.76. The van der Waals surface area contributed by atoms with Crippen LogP contribution < -0.4 is 0 Å². The fourth-order valence-electron chi connectivity index (χ4n) is 6.03. The van der Waals surface area contributed by atoms with Gasteiger partial charge >= 0.3 is 11.9 Å². The third-order valence-electron chi connectivity index (χ3n) is 8.96. The number of carboxylic acids is 1. The SMILES string of the molecule is C/C(=C\CC1(OC(=O)CCC(=O)O)CCC(C(C)(C)C)CC1)CCC[C@H](C)CCC[C@H](C)CCCC(C)C. The van der Waals surface area contributed by atoms with Crippen molar-refractivity contribution >= 4 is 11.9 Å². The third kappa shape index (κ3) is 15.3. The van der Waals surface area contributed by atoms with E-state index in [1.165, 1.54) is 56.9 Å². The van der Waals surface area contributed by atoms with Crippen LogP contribution in [0.4, 0.5) is 0 Å². The fourth-order valence-corrected chi connectivity index (χ4v) is 6.03. The minimum atomic E-state index is -0.950. The number of carbonyl (C=O) groups excluding carboxylic acids is 1. The van der Waals surface area contributed by atoms with Crippen LogP contribution in [-0.2, 0) is 14.3 Å². The average molecular weight is 535 g/mol. The topological polar surface area (TPSA) is 63.6 Å². The molecule has 0 spiro atoms. The Balaban J connectivity index is 2.49. The maximum atomic E-state index is 12.5. The molecule has 4 heteroatoms. The van der Waals surface area contributed by atoms with Crippen LogP contribution in [-0.4, -0.2) is 22.6 Å². The van der Waals surface area contributed by atoms with Gasteiger partial charge in [0.25, 0.3) is 0 Å². The molecule has 222 valence electrons. The highest BCUT2D eigenvalue weighted by atomic mass is 16.6. The second-order valence-electron chi connectivity index (χ2n) is 14.3. The average Bonchev–Trinajstić information content (AvgIpc) is 2.81. The molecule has 0 unspecified atom stereocenters. The van der Waals surface area contributed by atoms with Gasteiger partial charge in [-0.25, -0.2) is 0 Å². The summed E-state index contributed by atoms with van der Waals surface area (Å²) in [6, 6.07) is 0. The summed E-state index contributed by atoms with van der Waals surface area (Å²) in [6.07, 6.45) is 18.4. The van der Waals surface area contributed by atoms with Crippen LogP contribution in [0.25, 0.3) is 0 Å². The van der Waals surface area contributed by atoms with E-state index >= 15 is 0 Å². The minimum absolute atomic E-state index is 0.0446. The quantitative estimate of drug-likeness (QED) is 0.140. The van der Waals surface area contributed by atoms with Gasteiger partial charge in [0, 0.05) is 6.42 Å². The molecule has 0 heterocycles. The van der Waals surface area contributed by atoms with E-state index in [9.17, 15) is 9.59 Å². The first-order valence-electron chi connectivity index (χ1n) is 15.8. The molecule has 0 bridgehead atoms. The zero-order chi connectivity index (χ0) is 28.8. The van der Waals surface area contributed by atoms with Gasteiger partial charge in [0.05, 0.1) is 12.8 Å². The fraction of sp³-hybridized carbons (Fsp3) is 0.882. The molecule has 2 atom stereocenters. The van der Waals surface area contributed by atoms with Crippen LogP contribution in [0.3, 0.4) is 0 Å². The molecule has 0 saturated heterocycles. The Bertz CT molecular complexity index is 706. The zero-order valence-corrected chi connectivity index (χ0v) is 26.4. The van der Waals surface area contributed by atoms with Crippen molar-refractivity contribution in [1.82, 2.24) is 0 Å². The van der Waals surface area contributed by atoms with Crippen LogP contribution in [0.15, 0.2) is 11.6 Å². The van der Waals surface area contributed by atoms with Crippen molar-refractivity contribution in [1.29, 1.82) is 0 Å². The number of hydrogen-bond acceptors (Lipinski definition) is 3. The van der Waals surface area contributed by atoms with E-state index in [1.54, 1.807) is 0 Å². The lowest BCUT2D eigenvalue weighted by atomic mass is 9.67. The predicted octanol–water partition coefficient (Wildman–Crippen LogP) is 10.1. The van der Waals surface area contributed by atoms with Crippen LogP contribution in [0.2, 0.25) is 0 Å². The number of ether oxygens (including phenoxy) is 1. The Morgan fingerprint density at radius 2 is 1.39 bits per heavy atom.